The molecule has 118 valence electrons. The van der Waals surface area contributed by atoms with Gasteiger partial charge in [-0.15, -0.1) is 0 Å². The van der Waals surface area contributed by atoms with Crippen LogP contribution in [0.2, 0.25) is 0 Å². The predicted molar refractivity (Wildman–Crippen MR) is 65.8 cm³/mol. The molecule has 0 aromatic heterocycles. The zero-order valence-electron chi connectivity index (χ0n) is 10.9. The molecule has 0 aromatic rings. The smallest absolute Gasteiger partial charge is 0.450 e. The molecule has 11 heteroatoms. The number of hydrazine groups is 1. The topological polar surface area (TPSA) is 145 Å². The minimum Gasteiger partial charge on any atom is -0.450 e. The van der Waals surface area contributed by atoms with Crippen molar-refractivity contribution >= 4 is 25.6 Å². The number of fused-ring (bicyclic) bond motifs is 1. The highest BCUT2D eigenvalue weighted by atomic mass is 31.2. The number of amides is 2. The lowest BCUT2D eigenvalue weighted by Crippen LogP contribution is -2.59. The van der Waals surface area contributed by atoms with Crippen LogP contribution in [-0.4, -0.2) is 61.3 Å². The summed E-state index contributed by atoms with van der Waals surface area (Å²) in [6, 6.07) is 0. The average molecular weight is 322 g/mol. The van der Waals surface area contributed by atoms with Crippen LogP contribution in [0.15, 0.2) is 0 Å². The van der Waals surface area contributed by atoms with E-state index in [0.29, 0.717) is 6.42 Å². The van der Waals surface area contributed by atoms with E-state index in [-0.39, 0.29) is 25.8 Å². The Morgan fingerprint density at radius 3 is 2.52 bits per heavy atom. The quantitative estimate of drug-likeness (QED) is 0.464. The number of carboxylic acid groups (broad SMARTS) is 1. The highest BCUT2D eigenvalue weighted by Gasteiger charge is 2.48. The van der Waals surface area contributed by atoms with Crippen molar-refractivity contribution in [2.75, 3.05) is 6.54 Å². The molecule has 0 radical (unpaired) electrons. The van der Waals surface area contributed by atoms with Gasteiger partial charge in [0.05, 0.1) is 0 Å². The number of hydrogen-bond acceptors (Lipinski definition) is 5. The second-order valence-corrected chi connectivity index (χ2v) is 6.63. The Morgan fingerprint density at radius 2 is 1.95 bits per heavy atom. The molecule has 2 aliphatic heterocycles. The summed E-state index contributed by atoms with van der Waals surface area (Å²) in [6.07, 6.45) is -2.77. The summed E-state index contributed by atoms with van der Waals surface area (Å²) < 4.78 is 16.0. The van der Waals surface area contributed by atoms with Gasteiger partial charge in [-0.05, 0) is 12.8 Å². The van der Waals surface area contributed by atoms with Gasteiger partial charge in [0.1, 0.15) is 5.66 Å². The molecular formula is C10H15N2O8P. The van der Waals surface area contributed by atoms with Crippen molar-refractivity contribution in [3.63, 3.8) is 0 Å². The Bertz CT molecular complexity index is 517. The van der Waals surface area contributed by atoms with Gasteiger partial charge in [0.25, 0.3) is 5.91 Å². The van der Waals surface area contributed by atoms with Gasteiger partial charge in [-0.1, -0.05) is 0 Å². The van der Waals surface area contributed by atoms with Gasteiger partial charge in [0.2, 0.25) is 5.91 Å². The first-order chi connectivity index (χ1) is 9.71. The molecule has 1 unspecified atom stereocenters. The highest BCUT2D eigenvalue weighted by Crippen LogP contribution is 2.46. The summed E-state index contributed by atoms with van der Waals surface area (Å²) in [6.45, 7) is 0.179. The third-order valence-corrected chi connectivity index (χ3v) is 4.72. The SMILES string of the molecule is O=C(O)OC1CCCN2C(=O)CC[C@H](P(=O)(O)O)C(=O)N12. The number of carbonyl (C=O) groups excluding carboxylic acids is 2. The molecule has 2 fully saturated rings. The molecule has 2 heterocycles. The molecule has 2 aliphatic rings. The zero-order chi connectivity index (χ0) is 15.8. The first kappa shape index (κ1) is 15.7. The average Bonchev–Trinajstić information content (AvgIpc) is 2.47. The molecule has 3 N–H and O–H groups in total. The summed E-state index contributed by atoms with van der Waals surface area (Å²) in [5, 5.41) is 10.5. The van der Waals surface area contributed by atoms with Gasteiger partial charge in [-0.2, -0.15) is 0 Å². The predicted octanol–water partition coefficient (Wildman–Crippen LogP) is -0.287. The van der Waals surface area contributed by atoms with E-state index < -0.39 is 37.5 Å². The van der Waals surface area contributed by atoms with Crippen molar-refractivity contribution in [3.05, 3.63) is 0 Å². The van der Waals surface area contributed by atoms with Crippen molar-refractivity contribution in [2.24, 2.45) is 0 Å². The van der Waals surface area contributed by atoms with Crippen LogP contribution in [0.3, 0.4) is 0 Å². The fraction of sp³-hybridized carbons (Fsp3) is 0.700. The van der Waals surface area contributed by atoms with Gasteiger partial charge in [-0.3, -0.25) is 14.2 Å². The number of hydrogen-bond donors (Lipinski definition) is 3. The maximum atomic E-state index is 12.3. The summed E-state index contributed by atoms with van der Waals surface area (Å²) in [4.78, 5) is 53.5. The van der Waals surface area contributed by atoms with E-state index in [0.717, 1.165) is 10.0 Å². The maximum Gasteiger partial charge on any atom is 0.507 e. The summed E-state index contributed by atoms with van der Waals surface area (Å²) in [7, 11) is -4.75. The Morgan fingerprint density at radius 1 is 1.29 bits per heavy atom. The molecule has 2 amide bonds. The Hall–Kier alpha value is -1.64. The van der Waals surface area contributed by atoms with Crippen LogP contribution < -0.4 is 0 Å². The largest absolute Gasteiger partial charge is 0.507 e. The summed E-state index contributed by atoms with van der Waals surface area (Å²) >= 11 is 0. The first-order valence-electron chi connectivity index (χ1n) is 6.30. The Kier molecular flexibility index (Phi) is 4.22. The highest BCUT2D eigenvalue weighted by molar-refractivity contribution is 7.53. The molecule has 21 heavy (non-hydrogen) atoms. The van der Waals surface area contributed by atoms with Crippen molar-refractivity contribution in [2.45, 2.75) is 37.6 Å². The fourth-order valence-corrected chi connectivity index (χ4v) is 3.38. The lowest BCUT2D eigenvalue weighted by atomic mass is 10.2. The van der Waals surface area contributed by atoms with E-state index in [1.807, 2.05) is 0 Å². The van der Waals surface area contributed by atoms with Gasteiger partial charge in [0.15, 0.2) is 6.23 Å². The Balaban J connectivity index is 2.36. The third-order valence-electron chi connectivity index (χ3n) is 3.43. The van der Waals surface area contributed by atoms with Crippen LogP contribution in [0.1, 0.15) is 25.7 Å². The number of nitrogens with zero attached hydrogens (tertiary/aromatic N) is 2. The second-order valence-electron chi connectivity index (χ2n) is 4.82. The van der Waals surface area contributed by atoms with Crippen LogP contribution in [-0.2, 0) is 18.9 Å². The molecule has 0 aliphatic carbocycles. The zero-order valence-corrected chi connectivity index (χ0v) is 11.8. The van der Waals surface area contributed by atoms with Gasteiger partial charge in [0, 0.05) is 19.4 Å². The van der Waals surface area contributed by atoms with Crippen LogP contribution in [0.25, 0.3) is 0 Å². The summed E-state index contributed by atoms with van der Waals surface area (Å²) in [5.41, 5.74) is -1.66. The first-order valence-corrected chi connectivity index (χ1v) is 7.98. The number of carbonyl (C=O) groups is 3. The van der Waals surface area contributed by atoms with E-state index >= 15 is 0 Å². The van der Waals surface area contributed by atoms with Crippen LogP contribution in [0.5, 0.6) is 0 Å². The molecule has 0 aromatic carbocycles. The molecule has 2 atom stereocenters. The number of rotatable bonds is 2. The fourth-order valence-electron chi connectivity index (χ4n) is 2.51. The van der Waals surface area contributed by atoms with E-state index in [4.69, 9.17) is 5.11 Å². The maximum absolute atomic E-state index is 12.3. The van der Waals surface area contributed by atoms with Crippen molar-refractivity contribution in [1.29, 1.82) is 0 Å². The molecule has 10 nitrogen and oxygen atoms in total. The van der Waals surface area contributed by atoms with Crippen LogP contribution in [0.4, 0.5) is 4.79 Å². The van der Waals surface area contributed by atoms with E-state index in [9.17, 15) is 28.7 Å². The normalized spacial score (nSPS) is 27.1. The van der Waals surface area contributed by atoms with E-state index in [2.05, 4.69) is 4.74 Å². The standard InChI is InChI=1S/C10H15N2O8P/c13-7-4-3-6(21(17,18)19)9(14)12-8(20-10(15)16)2-1-5-11(7)12/h6,8H,1-5H2,(H,15,16)(H2,17,18,19)/t6-,8?/m0/s1. The van der Waals surface area contributed by atoms with Gasteiger partial charge >= 0.3 is 13.8 Å². The molecular weight excluding hydrogens is 307 g/mol. The molecule has 2 rings (SSSR count). The lowest BCUT2D eigenvalue weighted by molar-refractivity contribution is -0.195. The summed E-state index contributed by atoms with van der Waals surface area (Å²) in [5.74, 6) is -1.47. The van der Waals surface area contributed by atoms with Crippen molar-refractivity contribution < 1.29 is 38.6 Å². The van der Waals surface area contributed by atoms with E-state index in [1.54, 1.807) is 0 Å². The minimum absolute atomic E-state index is 0.162. The van der Waals surface area contributed by atoms with Crippen LogP contribution in [0, 0.1) is 0 Å². The third kappa shape index (κ3) is 3.17. The van der Waals surface area contributed by atoms with Gasteiger partial charge in [-0.25, -0.2) is 14.8 Å². The second kappa shape index (κ2) is 5.63. The van der Waals surface area contributed by atoms with Crippen LogP contribution >= 0.6 is 7.60 Å². The molecule has 0 saturated carbocycles. The molecule has 2 saturated heterocycles. The molecule has 0 spiro atoms. The minimum atomic E-state index is -4.75. The van der Waals surface area contributed by atoms with Crippen molar-refractivity contribution in [3.8, 4) is 0 Å². The van der Waals surface area contributed by atoms with Gasteiger partial charge < -0.3 is 19.6 Å². The molecule has 0 bridgehead atoms. The van der Waals surface area contributed by atoms with E-state index in [1.165, 1.54) is 0 Å². The Labute approximate surface area is 119 Å². The number of ether oxygens (including phenoxy) is 1. The van der Waals surface area contributed by atoms with Crippen molar-refractivity contribution in [1.82, 2.24) is 10.0 Å². The monoisotopic (exact) mass is 322 g/mol. The lowest BCUT2D eigenvalue weighted by Gasteiger charge is -2.42.